The van der Waals surface area contributed by atoms with Crippen molar-refractivity contribution >= 4 is 11.8 Å². The number of aliphatic imine (C=N–C) groups is 1. The maximum absolute atomic E-state index is 10.5. The van der Waals surface area contributed by atoms with Gasteiger partial charge < -0.3 is 16.6 Å². The van der Waals surface area contributed by atoms with E-state index in [4.69, 9.17) is 16.6 Å². The van der Waals surface area contributed by atoms with E-state index < -0.39 is 12.0 Å². The van der Waals surface area contributed by atoms with Crippen molar-refractivity contribution in [2.24, 2.45) is 16.5 Å². The van der Waals surface area contributed by atoms with Gasteiger partial charge in [0.25, 0.3) is 0 Å². The van der Waals surface area contributed by atoms with Gasteiger partial charge in [0.05, 0.1) is 11.9 Å². The van der Waals surface area contributed by atoms with E-state index in [1.165, 1.54) is 0 Å². The van der Waals surface area contributed by atoms with Crippen molar-refractivity contribution in [1.82, 2.24) is 0 Å². The minimum Gasteiger partial charge on any atom is -0.480 e. The smallest absolute Gasteiger partial charge is 0.320 e. The minimum atomic E-state index is -0.925. The van der Waals surface area contributed by atoms with E-state index in [0.717, 1.165) is 32.1 Å². The number of carboxylic acid groups (broad SMARTS) is 1. The Kier molecular flexibility index (Phi) is 8.40. The molecular weight excluding hydrogens is 218 g/mol. The molecule has 0 aromatic heterocycles. The quantitative estimate of drug-likeness (QED) is 0.324. The number of amidine groups is 1. The van der Waals surface area contributed by atoms with Crippen LogP contribution in [0.25, 0.3) is 0 Å². The first kappa shape index (κ1) is 15.9. The molecule has 0 aromatic carbocycles. The molecule has 2 atom stereocenters. The summed E-state index contributed by atoms with van der Waals surface area (Å²) in [5, 5.41) is 8.63. The lowest BCUT2D eigenvalue weighted by atomic mass is 10.0. The summed E-state index contributed by atoms with van der Waals surface area (Å²) in [5.74, 6) is -0.309. The maximum atomic E-state index is 10.5. The maximum Gasteiger partial charge on any atom is 0.320 e. The third-order valence-electron chi connectivity index (χ3n) is 2.63. The van der Waals surface area contributed by atoms with Gasteiger partial charge in [-0.05, 0) is 26.2 Å². The van der Waals surface area contributed by atoms with Gasteiger partial charge in [-0.2, -0.15) is 0 Å². The average molecular weight is 243 g/mol. The van der Waals surface area contributed by atoms with Crippen molar-refractivity contribution in [1.29, 1.82) is 0 Å². The number of hydrogen-bond donors (Lipinski definition) is 3. The summed E-state index contributed by atoms with van der Waals surface area (Å²) in [7, 11) is 0. The molecule has 0 spiro atoms. The van der Waals surface area contributed by atoms with Gasteiger partial charge in [-0.25, -0.2) is 0 Å². The molecule has 5 heteroatoms. The van der Waals surface area contributed by atoms with E-state index in [1.54, 1.807) is 6.92 Å². The molecular formula is C12H25N3O2. The second-order valence-corrected chi connectivity index (χ2v) is 4.44. The summed E-state index contributed by atoms with van der Waals surface area (Å²) >= 11 is 0. The Morgan fingerprint density at radius 3 is 2.35 bits per heavy atom. The molecule has 0 heterocycles. The van der Waals surface area contributed by atoms with Crippen molar-refractivity contribution in [3.8, 4) is 0 Å². The van der Waals surface area contributed by atoms with Gasteiger partial charge in [-0.3, -0.25) is 9.79 Å². The number of unbranched alkanes of at least 4 members (excludes halogenated alkanes) is 1. The standard InChI is InChI=1S/C12H25N3O2/c1-3-6-10(15-9(2)13)7-4-5-8-11(14)12(16)17/h10-11H,3-8,14H2,1-2H3,(H2,13,15)(H,16,17)/t10-,11-/m0/s1. The molecule has 0 aliphatic carbocycles. The molecule has 0 amide bonds. The number of hydrogen-bond acceptors (Lipinski definition) is 3. The first-order valence-corrected chi connectivity index (χ1v) is 6.25. The molecule has 5 N–H and O–H groups in total. The van der Waals surface area contributed by atoms with E-state index in [0.29, 0.717) is 12.3 Å². The zero-order valence-corrected chi connectivity index (χ0v) is 10.9. The molecule has 0 radical (unpaired) electrons. The van der Waals surface area contributed by atoms with Crippen molar-refractivity contribution in [2.75, 3.05) is 0 Å². The normalized spacial score (nSPS) is 15.6. The van der Waals surface area contributed by atoms with Gasteiger partial charge in [-0.15, -0.1) is 0 Å². The average Bonchev–Trinajstić information content (AvgIpc) is 2.23. The van der Waals surface area contributed by atoms with Crippen LogP contribution >= 0.6 is 0 Å². The van der Waals surface area contributed by atoms with Crippen LogP contribution in [-0.4, -0.2) is 29.0 Å². The van der Waals surface area contributed by atoms with Gasteiger partial charge in [0, 0.05) is 0 Å². The molecule has 0 saturated carbocycles. The summed E-state index contributed by atoms with van der Waals surface area (Å²) in [5.41, 5.74) is 11.0. The monoisotopic (exact) mass is 243 g/mol. The van der Waals surface area contributed by atoms with Crippen molar-refractivity contribution in [3.05, 3.63) is 0 Å². The van der Waals surface area contributed by atoms with Gasteiger partial charge in [0.2, 0.25) is 0 Å². The fourth-order valence-corrected chi connectivity index (χ4v) is 1.76. The number of nitrogens with two attached hydrogens (primary N) is 2. The first-order chi connectivity index (χ1) is 7.97. The van der Waals surface area contributed by atoms with Crippen LogP contribution in [0.4, 0.5) is 0 Å². The number of rotatable bonds is 9. The molecule has 100 valence electrons. The molecule has 0 bridgehead atoms. The fraction of sp³-hybridized carbons (Fsp3) is 0.833. The fourth-order valence-electron chi connectivity index (χ4n) is 1.76. The summed E-state index contributed by atoms with van der Waals surface area (Å²) in [6, 6.07) is -0.467. The molecule has 0 unspecified atom stereocenters. The highest BCUT2D eigenvalue weighted by Crippen LogP contribution is 2.12. The van der Waals surface area contributed by atoms with Crippen LogP contribution in [0.15, 0.2) is 4.99 Å². The lowest BCUT2D eigenvalue weighted by Crippen LogP contribution is -2.29. The Hall–Kier alpha value is -1.10. The lowest BCUT2D eigenvalue weighted by Gasteiger charge is -2.12. The third kappa shape index (κ3) is 8.68. The highest BCUT2D eigenvalue weighted by atomic mass is 16.4. The van der Waals surface area contributed by atoms with E-state index in [9.17, 15) is 4.79 Å². The highest BCUT2D eigenvalue weighted by molar-refractivity contribution is 5.77. The molecule has 0 saturated heterocycles. The molecule has 0 fully saturated rings. The Morgan fingerprint density at radius 2 is 1.88 bits per heavy atom. The Morgan fingerprint density at radius 1 is 1.29 bits per heavy atom. The van der Waals surface area contributed by atoms with E-state index in [1.807, 2.05) is 0 Å². The topological polar surface area (TPSA) is 102 Å². The number of carbonyl (C=O) groups is 1. The molecule has 0 rings (SSSR count). The van der Waals surface area contributed by atoms with Crippen molar-refractivity contribution < 1.29 is 9.90 Å². The largest absolute Gasteiger partial charge is 0.480 e. The van der Waals surface area contributed by atoms with Crippen LogP contribution in [0.5, 0.6) is 0 Å². The lowest BCUT2D eigenvalue weighted by molar-refractivity contribution is -0.138. The van der Waals surface area contributed by atoms with Crippen LogP contribution in [0.1, 0.15) is 52.4 Å². The first-order valence-electron chi connectivity index (χ1n) is 6.25. The van der Waals surface area contributed by atoms with Gasteiger partial charge >= 0.3 is 5.97 Å². The summed E-state index contributed by atoms with van der Waals surface area (Å²) in [6.45, 7) is 3.91. The predicted octanol–water partition coefficient (Wildman–Crippen LogP) is 1.50. The van der Waals surface area contributed by atoms with Crippen molar-refractivity contribution in [2.45, 2.75) is 64.5 Å². The second-order valence-electron chi connectivity index (χ2n) is 4.44. The zero-order chi connectivity index (χ0) is 13.3. The van der Waals surface area contributed by atoms with Crippen LogP contribution in [0, 0.1) is 0 Å². The highest BCUT2D eigenvalue weighted by Gasteiger charge is 2.11. The minimum absolute atomic E-state index is 0.269. The summed E-state index contributed by atoms with van der Waals surface area (Å²) in [4.78, 5) is 14.9. The Balaban J connectivity index is 3.82. The zero-order valence-electron chi connectivity index (χ0n) is 10.9. The molecule has 0 aliphatic rings. The van der Waals surface area contributed by atoms with Crippen LogP contribution in [0.2, 0.25) is 0 Å². The van der Waals surface area contributed by atoms with Gasteiger partial charge in [-0.1, -0.05) is 26.2 Å². The van der Waals surface area contributed by atoms with Gasteiger partial charge in [0.1, 0.15) is 6.04 Å². The molecule has 0 aromatic rings. The van der Waals surface area contributed by atoms with Crippen LogP contribution in [0.3, 0.4) is 0 Å². The van der Waals surface area contributed by atoms with Gasteiger partial charge in [0.15, 0.2) is 0 Å². The van der Waals surface area contributed by atoms with Crippen LogP contribution in [-0.2, 0) is 4.79 Å². The summed E-state index contributed by atoms with van der Waals surface area (Å²) in [6.07, 6.45) is 5.36. The second kappa shape index (κ2) is 8.98. The Bertz CT molecular complexity index is 250. The number of aliphatic carboxylic acids is 1. The molecule has 0 aliphatic heterocycles. The third-order valence-corrected chi connectivity index (χ3v) is 2.63. The van der Waals surface area contributed by atoms with E-state index >= 15 is 0 Å². The van der Waals surface area contributed by atoms with Crippen LogP contribution < -0.4 is 11.5 Å². The number of carboxylic acids is 1. The van der Waals surface area contributed by atoms with Crippen molar-refractivity contribution in [3.63, 3.8) is 0 Å². The predicted molar refractivity (Wildman–Crippen MR) is 70.1 cm³/mol. The number of nitrogens with zero attached hydrogens (tertiary/aromatic N) is 1. The Labute approximate surface area is 103 Å². The molecule has 5 nitrogen and oxygen atoms in total. The molecule has 17 heavy (non-hydrogen) atoms. The summed E-state index contributed by atoms with van der Waals surface area (Å²) < 4.78 is 0. The van der Waals surface area contributed by atoms with E-state index in [2.05, 4.69) is 11.9 Å². The SMILES string of the molecule is CCC[C@@H](CCCC[C@H](N)C(=O)O)N=C(C)N. The van der Waals surface area contributed by atoms with E-state index in [-0.39, 0.29) is 6.04 Å².